The van der Waals surface area contributed by atoms with Crippen LogP contribution in [-0.2, 0) is 4.74 Å². The van der Waals surface area contributed by atoms with Crippen LogP contribution in [0.5, 0.6) is 5.75 Å². The van der Waals surface area contributed by atoms with E-state index in [1.54, 1.807) is 20.1 Å². The molecule has 2 rings (SSSR count). The van der Waals surface area contributed by atoms with Gasteiger partial charge in [0, 0.05) is 5.56 Å². The Kier molecular flexibility index (Phi) is 3.32. The topological polar surface area (TPSA) is 61.6 Å². The highest BCUT2D eigenvalue weighted by molar-refractivity contribution is 5.97. The monoisotopic (exact) mass is 247 g/mol. The molecule has 0 aliphatic heterocycles. The van der Waals surface area contributed by atoms with Crippen LogP contribution in [0.3, 0.4) is 0 Å². The third kappa shape index (κ3) is 1.95. The Morgan fingerprint density at radius 3 is 2.67 bits per heavy atom. The van der Waals surface area contributed by atoms with Gasteiger partial charge in [-0.2, -0.15) is 0 Å². The fourth-order valence-electron chi connectivity index (χ4n) is 1.74. The van der Waals surface area contributed by atoms with E-state index in [4.69, 9.17) is 14.0 Å². The molecule has 0 atom stereocenters. The number of hydrogen-bond donors (Lipinski definition) is 0. The summed E-state index contributed by atoms with van der Waals surface area (Å²) >= 11 is 0. The van der Waals surface area contributed by atoms with E-state index in [1.165, 1.54) is 7.11 Å². The fourth-order valence-corrected chi connectivity index (χ4v) is 1.74. The van der Waals surface area contributed by atoms with Gasteiger partial charge >= 0.3 is 5.97 Å². The van der Waals surface area contributed by atoms with Gasteiger partial charge in [0.2, 0.25) is 0 Å². The minimum atomic E-state index is -0.477. The SMILES string of the molecule is COC(=O)c1c(-c2ccccc2OC)noc1C. The third-order valence-electron chi connectivity index (χ3n) is 2.61. The first kappa shape index (κ1) is 12.2. The maximum Gasteiger partial charge on any atom is 0.343 e. The van der Waals surface area contributed by atoms with Gasteiger partial charge in [-0.3, -0.25) is 0 Å². The molecule has 0 aliphatic rings. The van der Waals surface area contributed by atoms with Crippen molar-refractivity contribution in [2.24, 2.45) is 0 Å². The van der Waals surface area contributed by atoms with E-state index in [2.05, 4.69) is 5.16 Å². The minimum Gasteiger partial charge on any atom is -0.496 e. The number of para-hydroxylation sites is 1. The lowest BCUT2D eigenvalue weighted by molar-refractivity contribution is 0.0599. The molecule has 1 aromatic carbocycles. The molecule has 0 spiro atoms. The van der Waals surface area contributed by atoms with Crippen LogP contribution in [0.2, 0.25) is 0 Å². The van der Waals surface area contributed by atoms with Crippen molar-refractivity contribution in [2.75, 3.05) is 14.2 Å². The number of methoxy groups -OCH3 is 2. The van der Waals surface area contributed by atoms with Crippen molar-refractivity contribution in [3.8, 4) is 17.0 Å². The summed E-state index contributed by atoms with van der Waals surface area (Å²) in [5.41, 5.74) is 1.44. The summed E-state index contributed by atoms with van der Waals surface area (Å²) in [4.78, 5) is 11.7. The molecule has 18 heavy (non-hydrogen) atoms. The highest BCUT2D eigenvalue weighted by Crippen LogP contribution is 2.32. The number of esters is 1. The predicted octanol–water partition coefficient (Wildman–Crippen LogP) is 2.45. The van der Waals surface area contributed by atoms with Gasteiger partial charge in [-0.1, -0.05) is 17.3 Å². The van der Waals surface area contributed by atoms with E-state index < -0.39 is 5.97 Å². The highest BCUT2D eigenvalue weighted by atomic mass is 16.5. The molecule has 2 aromatic rings. The van der Waals surface area contributed by atoms with Crippen molar-refractivity contribution < 1.29 is 18.8 Å². The van der Waals surface area contributed by atoms with E-state index in [0.29, 0.717) is 28.3 Å². The van der Waals surface area contributed by atoms with Crippen LogP contribution in [0.4, 0.5) is 0 Å². The van der Waals surface area contributed by atoms with E-state index >= 15 is 0 Å². The molecular weight excluding hydrogens is 234 g/mol. The molecule has 0 saturated heterocycles. The number of carbonyl (C=O) groups is 1. The first-order valence-electron chi connectivity index (χ1n) is 5.37. The summed E-state index contributed by atoms with van der Waals surface area (Å²) in [6, 6.07) is 7.28. The van der Waals surface area contributed by atoms with Crippen molar-refractivity contribution in [3.05, 3.63) is 35.6 Å². The van der Waals surface area contributed by atoms with Crippen LogP contribution in [0.1, 0.15) is 16.1 Å². The Hall–Kier alpha value is -2.30. The number of ether oxygens (including phenoxy) is 2. The molecule has 0 radical (unpaired) electrons. The lowest BCUT2D eigenvalue weighted by Crippen LogP contribution is -2.04. The van der Waals surface area contributed by atoms with E-state index in [0.717, 1.165) is 0 Å². The van der Waals surface area contributed by atoms with Crippen LogP contribution >= 0.6 is 0 Å². The zero-order chi connectivity index (χ0) is 13.1. The van der Waals surface area contributed by atoms with Gasteiger partial charge in [0.15, 0.2) is 0 Å². The lowest BCUT2D eigenvalue weighted by Gasteiger charge is -2.06. The maximum absolute atomic E-state index is 11.7. The number of hydrogen-bond acceptors (Lipinski definition) is 5. The Labute approximate surface area is 104 Å². The fraction of sp³-hybridized carbons (Fsp3) is 0.231. The molecule has 1 heterocycles. The Morgan fingerprint density at radius 1 is 1.28 bits per heavy atom. The van der Waals surface area contributed by atoms with Gasteiger partial charge in [-0.05, 0) is 19.1 Å². The standard InChI is InChI=1S/C13H13NO4/c1-8-11(13(15)17-3)12(14-18-8)9-6-4-5-7-10(9)16-2/h4-7H,1-3H3. The summed E-state index contributed by atoms with van der Waals surface area (Å²) in [6.45, 7) is 1.66. The van der Waals surface area contributed by atoms with Gasteiger partial charge in [0.25, 0.3) is 0 Å². The van der Waals surface area contributed by atoms with Crippen molar-refractivity contribution in [2.45, 2.75) is 6.92 Å². The second-order valence-electron chi connectivity index (χ2n) is 3.65. The molecule has 0 unspecified atom stereocenters. The number of aromatic nitrogens is 1. The van der Waals surface area contributed by atoms with Crippen LogP contribution in [0.15, 0.2) is 28.8 Å². The summed E-state index contributed by atoms with van der Waals surface area (Å²) < 4.78 is 15.0. The zero-order valence-electron chi connectivity index (χ0n) is 10.4. The highest BCUT2D eigenvalue weighted by Gasteiger charge is 2.23. The predicted molar refractivity (Wildman–Crippen MR) is 64.6 cm³/mol. The molecule has 5 heteroatoms. The van der Waals surface area contributed by atoms with Crippen LogP contribution in [0.25, 0.3) is 11.3 Å². The first-order valence-corrected chi connectivity index (χ1v) is 5.37. The molecule has 0 amide bonds. The second-order valence-corrected chi connectivity index (χ2v) is 3.65. The summed E-state index contributed by atoms with van der Waals surface area (Å²) in [6.07, 6.45) is 0. The normalized spacial score (nSPS) is 10.2. The minimum absolute atomic E-state index is 0.321. The Bertz CT molecular complexity index is 574. The van der Waals surface area contributed by atoms with Gasteiger partial charge in [0.05, 0.1) is 14.2 Å². The second kappa shape index (κ2) is 4.91. The van der Waals surface area contributed by atoms with Crippen molar-refractivity contribution in [3.63, 3.8) is 0 Å². The van der Waals surface area contributed by atoms with Crippen LogP contribution < -0.4 is 4.74 Å². The smallest absolute Gasteiger partial charge is 0.343 e. The Morgan fingerprint density at radius 2 is 2.00 bits per heavy atom. The van der Waals surface area contributed by atoms with Gasteiger partial charge in [-0.15, -0.1) is 0 Å². The molecule has 0 fully saturated rings. The molecular formula is C13H13NO4. The summed E-state index contributed by atoms with van der Waals surface area (Å²) in [5, 5.41) is 3.91. The van der Waals surface area contributed by atoms with E-state index in [-0.39, 0.29) is 0 Å². The number of aryl methyl sites for hydroxylation is 1. The Balaban J connectivity index is 2.61. The van der Waals surface area contributed by atoms with Gasteiger partial charge in [-0.25, -0.2) is 4.79 Å². The van der Waals surface area contributed by atoms with Crippen molar-refractivity contribution in [1.29, 1.82) is 0 Å². The first-order chi connectivity index (χ1) is 8.69. The van der Waals surface area contributed by atoms with Crippen molar-refractivity contribution >= 4 is 5.97 Å². The van der Waals surface area contributed by atoms with Crippen LogP contribution in [-0.4, -0.2) is 25.3 Å². The van der Waals surface area contributed by atoms with Gasteiger partial charge in [0.1, 0.15) is 22.8 Å². The third-order valence-corrected chi connectivity index (χ3v) is 2.61. The molecule has 0 bridgehead atoms. The van der Waals surface area contributed by atoms with Crippen LogP contribution in [0, 0.1) is 6.92 Å². The molecule has 94 valence electrons. The maximum atomic E-state index is 11.7. The average Bonchev–Trinajstić information content (AvgIpc) is 2.79. The molecule has 5 nitrogen and oxygen atoms in total. The van der Waals surface area contributed by atoms with E-state index in [1.807, 2.05) is 18.2 Å². The van der Waals surface area contributed by atoms with Gasteiger partial charge < -0.3 is 14.0 Å². The number of rotatable bonds is 3. The lowest BCUT2D eigenvalue weighted by atomic mass is 10.1. The molecule has 0 aliphatic carbocycles. The number of carbonyl (C=O) groups excluding carboxylic acids is 1. The average molecular weight is 247 g/mol. The number of nitrogens with zero attached hydrogens (tertiary/aromatic N) is 1. The molecule has 0 N–H and O–H groups in total. The summed E-state index contributed by atoms with van der Waals surface area (Å²) in [7, 11) is 2.88. The number of benzene rings is 1. The largest absolute Gasteiger partial charge is 0.496 e. The van der Waals surface area contributed by atoms with E-state index in [9.17, 15) is 4.79 Å². The summed E-state index contributed by atoms with van der Waals surface area (Å²) in [5.74, 6) is 0.563. The zero-order valence-corrected chi connectivity index (χ0v) is 10.4. The van der Waals surface area contributed by atoms with Crippen molar-refractivity contribution in [1.82, 2.24) is 5.16 Å². The molecule has 1 aromatic heterocycles. The molecule has 0 saturated carbocycles. The quantitative estimate of drug-likeness (QED) is 0.779.